The number of aromatic nitrogens is 1. The van der Waals surface area contributed by atoms with Crippen LogP contribution in [-0.2, 0) is 4.79 Å². The molecular formula is C13H19N3O2. The van der Waals surface area contributed by atoms with Crippen molar-refractivity contribution in [1.82, 2.24) is 10.3 Å². The van der Waals surface area contributed by atoms with Gasteiger partial charge in [0.25, 0.3) is 0 Å². The molecule has 1 fully saturated rings. The summed E-state index contributed by atoms with van der Waals surface area (Å²) in [7, 11) is 0. The van der Waals surface area contributed by atoms with Crippen LogP contribution in [0.4, 0.5) is 5.69 Å². The minimum atomic E-state index is -0.0784. The highest BCUT2D eigenvalue weighted by atomic mass is 16.5. The van der Waals surface area contributed by atoms with Gasteiger partial charge in [-0.15, -0.1) is 0 Å². The summed E-state index contributed by atoms with van der Waals surface area (Å²) in [6, 6.07) is 3.48. The van der Waals surface area contributed by atoms with Gasteiger partial charge in [0, 0.05) is 6.07 Å². The molecule has 0 unspecified atom stereocenters. The zero-order valence-electron chi connectivity index (χ0n) is 10.6. The Balaban J connectivity index is 1.89. The van der Waals surface area contributed by atoms with Crippen LogP contribution in [-0.4, -0.2) is 30.1 Å². The van der Waals surface area contributed by atoms with Crippen LogP contribution >= 0.6 is 0 Å². The van der Waals surface area contributed by atoms with Crippen molar-refractivity contribution in [2.75, 3.05) is 18.5 Å². The predicted molar refractivity (Wildman–Crippen MR) is 69.7 cm³/mol. The molecule has 0 bridgehead atoms. The first kappa shape index (κ1) is 12.8. The Kier molecular flexibility index (Phi) is 4.52. The molecule has 1 aliphatic rings. The number of pyridine rings is 1. The Bertz CT molecular complexity index is 386. The molecule has 98 valence electrons. The molecule has 1 aromatic rings. The molecule has 0 radical (unpaired) electrons. The average Bonchev–Trinajstić information content (AvgIpc) is 2.42. The molecule has 5 heteroatoms. The second-order valence-corrected chi connectivity index (χ2v) is 4.31. The molecule has 0 spiro atoms. The van der Waals surface area contributed by atoms with Crippen LogP contribution < -0.4 is 15.4 Å². The van der Waals surface area contributed by atoms with Crippen molar-refractivity contribution in [3.63, 3.8) is 0 Å². The Hall–Kier alpha value is -1.62. The smallest absolute Gasteiger partial charge is 0.241 e. The lowest BCUT2D eigenvalue weighted by Crippen LogP contribution is -2.43. The van der Waals surface area contributed by atoms with E-state index in [0.717, 1.165) is 25.8 Å². The molecule has 1 aromatic heterocycles. The lowest BCUT2D eigenvalue weighted by atomic mass is 10.0. The zero-order valence-corrected chi connectivity index (χ0v) is 10.6. The molecule has 2 heterocycles. The van der Waals surface area contributed by atoms with E-state index in [-0.39, 0.29) is 11.9 Å². The monoisotopic (exact) mass is 249 g/mol. The fourth-order valence-electron chi connectivity index (χ4n) is 1.99. The summed E-state index contributed by atoms with van der Waals surface area (Å²) < 4.78 is 5.25. The summed E-state index contributed by atoms with van der Waals surface area (Å²) in [6.07, 6.45) is 4.77. The number of rotatable bonds is 4. The molecule has 2 rings (SSSR count). The topological polar surface area (TPSA) is 63.2 Å². The SMILES string of the molecule is CCOc1ccc(NC(=O)[C@H]2CCCCN2)cn1. The van der Waals surface area contributed by atoms with Gasteiger partial charge >= 0.3 is 0 Å². The second-order valence-electron chi connectivity index (χ2n) is 4.31. The van der Waals surface area contributed by atoms with Gasteiger partial charge in [-0.2, -0.15) is 0 Å². The van der Waals surface area contributed by atoms with Gasteiger partial charge in [0.15, 0.2) is 0 Å². The highest BCUT2D eigenvalue weighted by Gasteiger charge is 2.20. The number of nitrogens with one attached hydrogen (secondary N) is 2. The molecule has 1 aliphatic heterocycles. The third-order valence-corrected chi connectivity index (χ3v) is 2.92. The summed E-state index contributed by atoms with van der Waals surface area (Å²) in [5.74, 6) is 0.590. The van der Waals surface area contributed by atoms with Gasteiger partial charge < -0.3 is 15.4 Å². The van der Waals surface area contributed by atoms with E-state index < -0.39 is 0 Å². The van der Waals surface area contributed by atoms with Crippen molar-refractivity contribution >= 4 is 11.6 Å². The minimum Gasteiger partial charge on any atom is -0.478 e. The third kappa shape index (κ3) is 3.43. The number of ether oxygens (including phenoxy) is 1. The number of carbonyl (C=O) groups excluding carboxylic acids is 1. The molecule has 0 aromatic carbocycles. The van der Waals surface area contributed by atoms with Gasteiger partial charge in [-0.3, -0.25) is 4.79 Å². The number of carbonyl (C=O) groups is 1. The van der Waals surface area contributed by atoms with Gasteiger partial charge in [-0.1, -0.05) is 6.42 Å². The van der Waals surface area contributed by atoms with E-state index in [1.54, 1.807) is 18.3 Å². The number of piperidine rings is 1. The first-order valence-corrected chi connectivity index (χ1v) is 6.42. The van der Waals surface area contributed by atoms with Crippen molar-refractivity contribution in [1.29, 1.82) is 0 Å². The minimum absolute atomic E-state index is 0.0145. The first-order valence-electron chi connectivity index (χ1n) is 6.42. The van der Waals surface area contributed by atoms with Crippen molar-refractivity contribution in [2.24, 2.45) is 0 Å². The Labute approximate surface area is 107 Å². The average molecular weight is 249 g/mol. The fraction of sp³-hybridized carbons (Fsp3) is 0.538. The van der Waals surface area contributed by atoms with Gasteiger partial charge in [0.2, 0.25) is 11.8 Å². The quantitative estimate of drug-likeness (QED) is 0.850. The third-order valence-electron chi connectivity index (χ3n) is 2.92. The normalized spacial score (nSPS) is 19.3. The Morgan fingerprint density at radius 3 is 3.06 bits per heavy atom. The molecule has 1 saturated heterocycles. The van der Waals surface area contributed by atoms with Crippen molar-refractivity contribution in [3.8, 4) is 5.88 Å². The maximum atomic E-state index is 11.9. The van der Waals surface area contributed by atoms with E-state index >= 15 is 0 Å². The molecule has 2 N–H and O–H groups in total. The number of anilines is 1. The van der Waals surface area contributed by atoms with E-state index in [2.05, 4.69) is 15.6 Å². The maximum Gasteiger partial charge on any atom is 0.241 e. The van der Waals surface area contributed by atoms with Crippen LogP contribution in [0.25, 0.3) is 0 Å². The molecule has 0 aliphatic carbocycles. The molecule has 0 saturated carbocycles. The summed E-state index contributed by atoms with van der Waals surface area (Å²) >= 11 is 0. The highest BCUT2D eigenvalue weighted by molar-refractivity contribution is 5.94. The number of hydrogen-bond acceptors (Lipinski definition) is 4. The maximum absolute atomic E-state index is 11.9. The van der Waals surface area contributed by atoms with E-state index in [1.807, 2.05) is 6.92 Å². The van der Waals surface area contributed by atoms with Crippen molar-refractivity contribution in [3.05, 3.63) is 18.3 Å². The van der Waals surface area contributed by atoms with E-state index in [4.69, 9.17) is 4.74 Å². The lowest BCUT2D eigenvalue weighted by Gasteiger charge is -2.22. The van der Waals surface area contributed by atoms with Gasteiger partial charge in [0.05, 0.1) is 24.5 Å². The van der Waals surface area contributed by atoms with E-state index in [9.17, 15) is 4.79 Å². The summed E-state index contributed by atoms with van der Waals surface area (Å²) in [6.45, 7) is 3.41. The largest absolute Gasteiger partial charge is 0.478 e. The van der Waals surface area contributed by atoms with Crippen LogP contribution in [0.2, 0.25) is 0 Å². The van der Waals surface area contributed by atoms with E-state index in [1.165, 1.54) is 0 Å². The molecule has 1 atom stereocenters. The zero-order chi connectivity index (χ0) is 12.8. The fourth-order valence-corrected chi connectivity index (χ4v) is 1.99. The van der Waals surface area contributed by atoms with Crippen LogP contribution in [0, 0.1) is 0 Å². The van der Waals surface area contributed by atoms with E-state index in [0.29, 0.717) is 18.2 Å². The summed E-state index contributed by atoms with van der Waals surface area (Å²) in [5.41, 5.74) is 0.704. The van der Waals surface area contributed by atoms with Crippen LogP contribution in [0.1, 0.15) is 26.2 Å². The number of hydrogen-bond donors (Lipinski definition) is 2. The molecule has 18 heavy (non-hydrogen) atoms. The van der Waals surface area contributed by atoms with Crippen LogP contribution in [0.3, 0.4) is 0 Å². The highest BCUT2D eigenvalue weighted by Crippen LogP contribution is 2.13. The van der Waals surface area contributed by atoms with Gasteiger partial charge in [-0.25, -0.2) is 4.98 Å². The van der Waals surface area contributed by atoms with Crippen molar-refractivity contribution in [2.45, 2.75) is 32.2 Å². The lowest BCUT2D eigenvalue weighted by molar-refractivity contribution is -0.118. The second kappa shape index (κ2) is 6.35. The predicted octanol–water partition coefficient (Wildman–Crippen LogP) is 1.56. The van der Waals surface area contributed by atoms with Gasteiger partial charge in [-0.05, 0) is 32.4 Å². The molecular weight excluding hydrogens is 230 g/mol. The number of nitrogens with zero attached hydrogens (tertiary/aromatic N) is 1. The Morgan fingerprint density at radius 2 is 2.44 bits per heavy atom. The number of amides is 1. The first-order chi connectivity index (χ1) is 8.79. The molecule has 5 nitrogen and oxygen atoms in total. The van der Waals surface area contributed by atoms with Crippen LogP contribution in [0.5, 0.6) is 5.88 Å². The summed E-state index contributed by atoms with van der Waals surface area (Å²) in [4.78, 5) is 16.1. The standard InChI is InChI=1S/C13H19N3O2/c1-2-18-12-7-6-10(9-15-12)16-13(17)11-5-3-4-8-14-11/h6-7,9,11,14H,2-5,8H2,1H3,(H,16,17)/t11-/m1/s1. The van der Waals surface area contributed by atoms with Crippen LogP contribution in [0.15, 0.2) is 18.3 Å². The summed E-state index contributed by atoms with van der Waals surface area (Å²) in [5, 5.41) is 6.08. The molecule has 1 amide bonds. The Morgan fingerprint density at radius 1 is 1.56 bits per heavy atom. The van der Waals surface area contributed by atoms with Crippen molar-refractivity contribution < 1.29 is 9.53 Å². The van der Waals surface area contributed by atoms with Gasteiger partial charge in [0.1, 0.15) is 0 Å².